The summed E-state index contributed by atoms with van der Waals surface area (Å²) in [6.45, 7) is 5.90. The summed E-state index contributed by atoms with van der Waals surface area (Å²) < 4.78 is 54.3. The number of anilines is 1. The van der Waals surface area contributed by atoms with E-state index in [0.717, 1.165) is 0 Å². The molecule has 3 heterocycles. The molecule has 0 spiro atoms. The SMILES string of the molecule is COC(=O)N1CCC(c2ccc(Cl)cc2)(C(N=[N+]=[N-])C(=O)Nc2cccc(F)c2CC[C@H]2CN(C(=O)OC(C)(C)C)[C@@H]3CCCS(=O)(=O)N2C3)CC1. The number of piperazine rings is 1. The van der Waals surface area contributed by atoms with E-state index in [1.165, 1.54) is 34.5 Å². The number of azide groups is 1. The zero-order chi connectivity index (χ0) is 37.8. The highest BCUT2D eigenvalue weighted by molar-refractivity contribution is 7.89. The Morgan fingerprint density at radius 1 is 1.12 bits per heavy atom. The van der Waals surface area contributed by atoms with Gasteiger partial charge in [0.25, 0.3) is 0 Å². The third kappa shape index (κ3) is 8.57. The fourth-order valence-corrected chi connectivity index (χ4v) is 9.45. The predicted molar refractivity (Wildman–Crippen MR) is 193 cm³/mol. The fraction of sp³-hybridized carbons (Fsp3) is 0.571. The van der Waals surface area contributed by atoms with E-state index in [4.69, 9.17) is 21.1 Å². The molecule has 1 N–H and O–H groups in total. The number of fused-ring (bicyclic) bond motifs is 2. The van der Waals surface area contributed by atoms with Crippen LogP contribution in [0.25, 0.3) is 10.4 Å². The minimum Gasteiger partial charge on any atom is -0.453 e. The van der Waals surface area contributed by atoms with Crippen LogP contribution in [0.5, 0.6) is 0 Å². The average Bonchev–Trinajstić information content (AvgIpc) is 3.22. The number of carbonyl (C=O) groups is 3. The van der Waals surface area contributed by atoms with Gasteiger partial charge in [-0.05, 0) is 94.7 Å². The Hall–Kier alpha value is -4.11. The summed E-state index contributed by atoms with van der Waals surface area (Å²) >= 11 is 6.18. The van der Waals surface area contributed by atoms with Gasteiger partial charge in [-0.25, -0.2) is 22.4 Å². The van der Waals surface area contributed by atoms with E-state index in [2.05, 4.69) is 15.3 Å². The van der Waals surface area contributed by atoms with Crippen LogP contribution in [0.3, 0.4) is 0 Å². The molecule has 3 aliphatic rings. The lowest BCUT2D eigenvalue weighted by molar-refractivity contribution is -0.119. The minimum atomic E-state index is -3.64. The molecule has 3 aliphatic heterocycles. The number of benzene rings is 2. The highest BCUT2D eigenvalue weighted by Crippen LogP contribution is 2.42. The number of hydrogen-bond donors (Lipinski definition) is 1. The van der Waals surface area contributed by atoms with Crippen molar-refractivity contribution in [3.63, 3.8) is 0 Å². The molecule has 17 heteroatoms. The number of rotatable bonds is 8. The molecule has 282 valence electrons. The molecule has 0 radical (unpaired) electrons. The van der Waals surface area contributed by atoms with Gasteiger partial charge in [0.05, 0.1) is 12.9 Å². The molecule has 2 aromatic carbocycles. The second-order valence-electron chi connectivity index (χ2n) is 14.5. The molecule has 5 rings (SSSR count). The molecule has 2 unspecified atom stereocenters. The van der Waals surface area contributed by atoms with Crippen molar-refractivity contribution < 1.29 is 36.7 Å². The van der Waals surface area contributed by atoms with Gasteiger partial charge in [-0.3, -0.25) is 4.79 Å². The van der Waals surface area contributed by atoms with Crippen molar-refractivity contribution in [2.24, 2.45) is 5.11 Å². The van der Waals surface area contributed by atoms with E-state index in [1.54, 1.807) is 49.9 Å². The number of piperidine rings is 1. The van der Waals surface area contributed by atoms with Gasteiger partial charge in [-0.15, -0.1) is 0 Å². The van der Waals surface area contributed by atoms with Crippen LogP contribution in [0.4, 0.5) is 19.7 Å². The van der Waals surface area contributed by atoms with Gasteiger partial charge >= 0.3 is 12.2 Å². The topological polar surface area (TPSA) is 174 Å². The van der Waals surface area contributed by atoms with Gasteiger partial charge in [0.15, 0.2) is 0 Å². The number of ether oxygens (including phenoxy) is 2. The zero-order valence-electron chi connectivity index (χ0n) is 29.8. The van der Waals surface area contributed by atoms with E-state index in [0.29, 0.717) is 23.4 Å². The molecule has 0 aliphatic carbocycles. The average molecular weight is 762 g/mol. The van der Waals surface area contributed by atoms with Crippen LogP contribution in [0.15, 0.2) is 47.6 Å². The Morgan fingerprint density at radius 2 is 1.81 bits per heavy atom. The van der Waals surface area contributed by atoms with Crippen LogP contribution in [-0.2, 0) is 36.1 Å². The summed E-state index contributed by atoms with van der Waals surface area (Å²) in [4.78, 5) is 45.9. The second-order valence-corrected chi connectivity index (χ2v) is 17.0. The van der Waals surface area contributed by atoms with Crippen LogP contribution in [-0.4, -0.2) is 103 Å². The molecule has 2 bridgehead atoms. The third-order valence-electron chi connectivity index (χ3n) is 10.1. The zero-order valence-corrected chi connectivity index (χ0v) is 31.3. The van der Waals surface area contributed by atoms with Crippen LogP contribution in [0.1, 0.15) is 64.0 Å². The van der Waals surface area contributed by atoms with Gasteiger partial charge in [-0.2, -0.15) is 4.31 Å². The number of likely N-dealkylation sites (tertiary alicyclic amines) is 1. The molecule has 3 fully saturated rings. The van der Waals surface area contributed by atoms with Crippen LogP contribution >= 0.6 is 11.6 Å². The molecule has 52 heavy (non-hydrogen) atoms. The molecular weight excluding hydrogens is 717 g/mol. The first-order chi connectivity index (χ1) is 24.6. The van der Waals surface area contributed by atoms with E-state index in [1.807, 2.05) is 0 Å². The van der Waals surface area contributed by atoms with Gasteiger partial charge in [0.2, 0.25) is 15.9 Å². The van der Waals surface area contributed by atoms with Crippen LogP contribution in [0.2, 0.25) is 5.02 Å². The summed E-state index contributed by atoms with van der Waals surface area (Å²) in [5.41, 5.74) is 8.82. The second kappa shape index (κ2) is 15.9. The van der Waals surface area contributed by atoms with E-state index in [-0.39, 0.29) is 74.9 Å². The van der Waals surface area contributed by atoms with Crippen LogP contribution < -0.4 is 5.32 Å². The summed E-state index contributed by atoms with van der Waals surface area (Å²) in [6.07, 6.45) is 0.516. The van der Waals surface area contributed by atoms with Gasteiger partial charge < -0.3 is 24.6 Å². The predicted octanol–water partition coefficient (Wildman–Crippen LogP) is 6.24. The molecule has 2 aromatic rings. The highest BCUT2D eigenvalue weighted by Gasteiger charge is 2.48. The number of hydrogen-bond acceptors (Lipinski definition) is 8. The number of sulfonamides is 1. The first-order valence-corrected chi connectivity index (χ1v) is 19.3. The largest absolute Gasteiger partial charge is 0.453 e. The van der Waals surface area contributed by atoms with Crippen molar-refractivity contribution in [1.29, 1.82) is 0 Å². The molecule has 14 nitrogen and oxygen atoms in total. The minimum absolute atomic E-state index is 0.0222. The Balaban J connectivity index is 1.42. The van der Waals surface area contributed by atoms with Gasteiger partial charge in [0.1, 0.15) is 17.5 Å². The van der Waals surface area contributed by atoms with Crippen molar-refractivity contribution in [3.8, 4) is 0 Å². The van der Waals surface area contributed by atoms with Gasteiger partial charge in [-0.1, -0.05) is 34.9 Å². The highest BCUT2D eigenvalue weighted by atomic mass is 35.5. The smallest absolute Gasteiger partial charge is 0.410 e. The number of nitrogens with one attached hydrogen (secondary N) is 1. The van der Waals surface area contributed by atoms with E-state index >= 15 is 4.39 Å². The number of halogens is 2. The third-order valence-corrected chi connectivity index (χ3v) is 12.3. The molecule has 3 amide bonds. The maximum Gasteiger partial charge on any atom is 0.410 e. The lowest BCUT2D eigenvalue weighted by atomic mass is 9.67. The van der Waals surface area contributed by atoms with Crippen molar-refractivity contribution in [1.82, 2.24) is 14.1 Å². The molecular formula is C35H45ClFN7O7S. The lowest BCUT2D eigenvalue weighted by Crippen LogP contribution is -2.60. The Bertz CT molecular complexity index is 1810. The van der Waals surface area contributed by atoms with Crippen molar-refractivity contribution in [3.05, 3.63) is 74.9 Å². The monoisotopic (exact) mass is 761 g/mol. The quantitative estimate of drug-likeness (QED) is 0.188. The van der Waals surface area contributed by atoms with E-state index < -0.39 is 57.0 Å². The van der Waals surface area contributed by atoms with Crippen molar-refractivity contribution in [2.45, 2.75) is 88.4 Å². The summed E-state index contributed by atoms with van der Waals surface area (Å²) in [5, 5.41) is 7.24. The van der Waals surface area contributed by atoms with E-state index in [9.17, 15) is 28.3 Å². The number of amides is 3. The fourth-order valence-electron chi connectivity index (χ4n) is 7.54. The summed E-state index contributed by atoms with van der Waals surface area (Å²) in [6, 6.07) is 8.74. The molecule has 3 saturated heterocycles. The normalized spacial score (nSPS) is 23.0. The van der Waals surface area contributed by atoms with Gasteiger partial charge in [0, 0.05) is 64.9 Å². The Labute approximate surface area is 308 Å². The summed E-state index contributed by atoms with van der Waals surface area (Å²) in [7, 11) is -2.36. The van der Waals surface area contributed by atoms with Crippen molar-refractivity contribution >= 4 is 45.4 Å². The molecule has 0 aromatic heterocycles. The number of nitrogens with zero attached hydrogens (tertiary/aromatic N) is 6. The number of carbonyl (C=O) groups excluding carboxylic acids is 3. The summed E-state index contributed by atoms with van der Waals surface area (Å²) in [5.74, 6) is -1.36. The lowest BCUT2D eigenvalue weighted by Gasteiger charge is -2.44. The molecule has 4 atom stereocenters. The van der Waals surface area contributed by atoms with Crippen molar-refractivity contribution in [2.75, 3.05) is 44.4 Å². The Kier molecular flexibility index (Phi) is 11.9. The first-order valence-electron chi connectivity index (χ1n) is 17.3. The standard InChI is InChI=1S/C35H45ClFN7O7S/c1-34(2,3)51-33(47)43-21-26(44-22-25(43)7-6-20-52(44,48)49)14-15-27-28(37)8-5-9-29(27)39-31(45)30(40-41-38)35(23-10-12-24(36)13-11-23)16-18-42(19-17-35)32(46)50-4/h5,8-13,25-26,30H,6-7,14-22H2,1-4H3,(H,39,45)/t25-,26+,30?/m1/s1. The Morgan fingerprint density at radius 3 is 2.44 bits per heavy atom. The van der Waals surface area contributed by atoms with Crippen LogP contribution in [0, 0.1) is 5.82 Å². The number of methoxy groups -OCH3 is 1. The maximum absolute atomic E-state index is 15.6. The maximum atomic E-state index is 15.6. The molecule has 0 saturated carbocycles. The first kappa shape index (κ1) is 39.1.